The summed E-state index contributed by atoms with van der Waals surface area (Å²) >= 11 is 8.05. The Morgan fingerprint density at radius 2 is 1.41 bits per heavy atom. The summed E-state index contributed by atoms with van der Waals surface area (Å²) < 4.78 is 1.88. The Bertz CT molecular complexity index is 660. The van der Waals surface area contributed by atoms with Crippen LogP contribution in [0.15, 0.2) is 62.4 Å². The number of hydrogen-bond donors (Lipinski definition) is 2. The molecule has 0 aliphatic carbocycles. The van der Waals surface area contributed by atoms with Crippen LogP contribution in [0.1, 0.15) is 10.4 Å². The monoisotopic (exact) mass is 442 g/mol. The summed E-state index contributed by atoms with van der Waals surface area (Å²) in [4.78, 5) is 24.5. The van der Waals surface area contributed by atoms with Gasteiger partial charge in [0.1, 0.15) is 0 Å². The highest BCUT2D eigenvalue weighted by molar-refractivity contribution is 9.10. The van der Waals surface area contributed by atoms with Crippen molar-refractivity contribution in [2.75, 3.05) is 5.75 Å². The van der Waals surface area contributed by atoms with E-state index in [9.17, 15) is 9.59 Å². The number of hydrazine groups is 1. The maximum absolute atomic E-state index is 11.8. The zero-order valence-corrected chi connectivity index (χ0v) is 15.3. The van der Waals surface area contributed by atoms with Crippen LogP contribution in [0.2, 0.25) is 0 Å². The van der Waals surface area contributed by atoms with Gasteiger partial charge in [0.25, 0.3) is 5.91 Å². The zero-order valence-electron chi connectivity index (χ0n) is 11.3. The van der Waals surface area contributed by atoms with Crippen LogP contribution < -0.4 is 10.9 Å². The van der Waals surface area contributed by atoms with Crippen molar-refractivity contribution in [3.05, 3.63) is 63.0 Å². The van der Waals surface area contributed by atoms with Gasteiger partial charge in [0.05, 0.1) is 5.75 Å². The number of hydrogen-bond acceptors (Lipinski definition) is 3. The Kier molecular flexibility index (Phi) is 6.48. The number of carbonyl (C=O) groups is 2. The van der Waals surface area contributed by atoms with E-state index in [2.05, 4.69) is 42.7 Å². The average molecular weight is 444 g/mol. The Balaban J connectivity index is 1.76. The molecule has 0 saturated carbocycles. The molecule has 2 aromatic rings. The molecule has 2 amide bonds. The first-order chi connectivity index (χ1) is 10.5. The molecule has 22 heavy (non-hydrogen) atoms. The molecule has 0 bridgehead atoms. The maximum atomic E-state index is 11.8. The Morgan fingerprint density at radius 1 is 0.864 bits per heavy atom. The minimum absolute atomic E-state index is 0.224. The van der Waals surface area contributed by atoms with Gasteiger partial charge in [-0.2, -0.15) is 0 Å². The average Bonchev–Trinajstić information content (AvgIpc) is 2.52. The third-order valence-electron chi connectivity index (χ3n) is 2.61. The van der Waals surface area contributed by atoms with Crippen molar-refractivity contribution in [1.29, 1.82) is 0 Å². The van der Waals surface area contributed by atoms with E-state index < -0.39 is 0 Å². The van der Waals surface area contributed by atoms with Gasteiger partial charge in [0.2, 0.25) is 5.91 Å². The highest BCUT2D eigenvalue weighted by Gasteiger charge is 2.07. The lowest BCUT2D eigenvalue weighted by molar-refractivity contribution is -0.119. The third kappa shape index (κ3) is 5.47. The summed E-state index contributed by atoms with van der Waals surface area (Å²) in [7, 11) is 0. The van der Waals surface area contributed by atoms with Crippen molar-refractivity contribution in [3.63, 3.8) is 0 Å². The summed E-state index contributed by atoms with van der Waals surface area (Å²) in [5, 5.41) is 0. The summed E-state index contributed by atoms with van der Waals surface area (Å²) in [5.74, 6) is -0.393. The van der Waals surface area contributed by atoms with Crippen molar-refractivity contribution < 1.29 is 9.59 Å². The minimum Gasteiger partial charge on any atom is -0.272 e. The van der Waals surface area contributed by atoms with Crippen LogP contribution in [0.5, 0.6) is 0 Å². The summed E-state index contributed by atoms with van der Waals surface area (Å²) in [6, 6.07) is 14.5. The van der Waals surface area contributed by atoms with Crippen molar-refractivity contribution >= 4 is 55.4 Å². The number of amides is 2. The molecule has 0 radical (unpaired) electrons. The van der Waals surface area contributed by atoms with E-state index in [1.54, 1.807) is 24.3 Å². The highest BCUT2D eigenvalue weighted by atomic mass is 79.9. The van der Waals surface area contributed by atoms with E-state index in [4.69, 9.17) is 0 Å². The van der Waals surface area contributed by atoms with Gasteiger partial charge in [0.15, 0.2) is 0 Å². The zero-order chi connectivity index (χ0) is 15.9. The minimum atomic E-state index is -0.352. The molecule has 4 nitrogen and oxygen atoms in total. The predicted molar refractivity (Wildman–Crippen MR) is 94.6 cm³/mol. The van der Waals surface area contributed by atoms with E-state index in [-0.39, 0.29) is 17.6 Å². The second kappa shape index (κ2) is 8.36. The molecular formula is C15H12Br2N2O2S. The number of benzene rings is 2. The van der Waals surface area contributed by atoms with Gasteiger partial charge in [-0.15, -0.1) is 11.8 Å². The Morgan fingerprint density at radius 3 is 2.00 bits per heavy atom. The van der Waals surface area contributed by atoms with Gasteiger partial charge < -0.3 is 0 Å². The molecule has 0 aliphatic heterocycles. The summed E-state index contributed by atoms with van der Waals surface area (Å²) in [5.41, 5.74) is 5.26. The molecule has 0 fully saturated rings. The molecule has 0 saturated heterocycles. The lowest BCUT2D eigenvalue weighted by Gasteiger charge is -2.07. The molecule has 2 rings (SSSR count). The number of nitrogens with one attached hydrogen (secondary N) is 2. The van der Waals surface area contributed by atoms with Gasteiger partial charge in [0, 0.05) is 19.4 Å². The lowest BCUT2D eigenvalue weighted by atomic mass is 10.2. The van der Waals surface area contributed by atoms with E-state index in [1.807, 2.05) is 24.3 Å². The van der Waals surface area contributed by atoms with Crippen molar-refractivity contribution in [3.8, 4) is 0 Å². The van der Waals surface area contributed by atoms with Gasteiger partial charge in [-0.1, -0.05) is 31.9 Å². The van der Waals surface area contributed by atoms with Gasteiger partial charge in [-0.25, -0.2) is 0 Å². The molecule has 0 unspecified atom stereocenters. The largest absolute Gasteiger partial charge is 0.272 e. The second-order valence-electron chi connectivity index (χ2n) is 4.25. The molecule has 0 atom stereocenters. The van der Waals surface area contributed by atoms with Gasteiger partial charge in [-0.05, 0) is 48.5 Å². The number of rotatable bonds is 4. The third-order valence-corrected chi connectivity index (χ3v) is 4.67. The maximum Gasteiger partial charge on any atom is 0.269 e. The molecule has 114 valence electrons. The van der Waals surface area contributed by atoms with Crippen LogP contribution in [-0.2, 0) is 4.79 Å². The van der Waals surface area contributed by atoms with Crippen molar-refractivity contribution in [2.45, 2.75) is 4.90 Å². The van der Waals surface area contributed by atoms with Crippen LogP contribution >= 0.6 is 43.6 Å². The molecule has 2 N–H and O–H groups in total. The number of halogens is 2. The summed E-state index contributed by atoms with van der Waals surface area (Å²) in [6.07, 6.45) is 0. The fraction of sp³-hybridized carbons (Fsp3) is 0.0667. The lowest BCUT2D eigenvalue weighted by Crippen LogP contribution is -2.42. The quantitative estimate of drug-likeness (QED) is 0.558. The van der Waals surface area contributed by atoms with Crippen LogP contribution in [0.3, 0.4) is 0 Å². The normalized spacial score (nSPS) is 10.1. The Hall–Kier alpha value is -1.31. The highest BCUT2D eigenvalue weighted by Crippen LogP contribution is 2.20. The van der Waals surface area contributed by atoms with Crippen LogP contribution in [-0.4, -0.2) is 17.6 Å². The molecular weight excluding hydrogens is 432 g/mol. The first-order valence-corrected chi connectivity index (χ1v) is 8.85. The standard InChI is InChI=1S/C15H12Br2N2O2S/c16-11-3-1-10(2-4-11)15(21)19-18-14(20)9-22-13-7-5-12(17)6-8-13/h1-8H,9H2,(H,18,20)(H,19,21). The van der Waals surface area contributed by atoms with Crippen LogP contribution in [0.4, 0.5) is 0 Å². The molecule has 0 aliphatic rings. The van der Waals surface area contributed by atoms with E-state index in [0.29, 0.717) is 5.56 Å². The SMILES string of the molecule is O=C(CSc1ccc(Br)cc1)NNC(=O)c1ccc(Br)cc1. The van der Waals surface area contributed by atoms with Crippen LogP contribution in [0, 0.1) is 0 Å². The number of carbonyl (C=O) groups excluding carboxylic acids is 2. The summed E-state index contributed by atoms with van der Waals surface area (Å²) in [6.45, 7) is 0. The fourth-order valence-corrected chi connectivity index (χ4v) is 2.74. The fourth-order valence-electron chi connectivity index (χ4n) is 1.52. The van der Waals surface area contributed by atoms with Gasteiger partial charge >= 0.3 is 0 Å². The Labute approximate surface area is 149 Å². The van der Waals surface area contributed by atoms with Crippen molar-refractivity contribution in [2.24, 2.45) is 0 Å². The smallest absolute Gasteiger partial charge is 0.269 e. The van der Waals surface area contributed by atoms with E-state index in [0.717, 1.165) is 13.8 Å². The molecule has 7 heteroatoms. The molecule has 0 aromatic heterocycles. The first kappa shape index (κ1) is 17.1. The van der Waals surface area contributed by atoms with Gasteiger partial charge in [-0.3, -0.25) is 20.4 Å². The molecule has 0 spiro atoms. The topological polar surface area (TPSA) is 58.2 Å². The van der Waals surface area contributed by atoms with E-state index in [1.165, 1.54) is 11.8 Å². The number of thioether (sulfide) groups is 1. The first-order valence-electron chi connectivity index (χ1n) is 6.28. The second-order valence-corrected chi connectivity index (χ2v) is 7.13. The molecule has 2 aromatic carbocycles. The predicted octanol–water partition coefficient (Wildman–Crippen LogP) is 3.76. The molecule has 0 heterocycles. The van der Waals surface area contributed by atoms with E-state index >= 15 is 0 Å². The van der Waals surface area contributed by atoms with Crippen LogP contribution in [0.25, 0.3) is 0 Å². The van der Waals surface area contributed by atoms with Crippen molar-refractivity contribution in [1.82, 2.24) is 10.9 Å².